The Balaban J connectivity index is 3.11. The third-order valence-corrected chi connectivity index (χ3v) is 1.17. The van der Waals surface area contributed by atoms with Crippen LogP contribution in [0.15, 0.2) is 42.7 Å². The average Bonchev–Trinajstić information content (AvgIpc) is 2.03. The van der Waals surface area contributed by atoms with Crippen LogP contribution in [-0.2, 0) is 0 Å². The van der Waals surface area contributed by atoms with Crippen LogP contribution in [-0.4, -0.2) is 10.2 Å². The molecule has 56 valence electrons. The summed E-state index contributed by atoms with van der Waals surface area (Å²) in [6, 6.07) is 9.65. The number of aryl methyl sites for hydroxylation is 1. The summed E-state index contributed by atoms with van der Waals surface area (Å²) in [7, 11) is 0. The molecule has 1 rings (SSSR count). The number of hydrogen-bond acceptors (Lipinski definition) is 2. The molecule has 0 bridgehead atoms. The fourth-order valence-corrected chi connectivity index (χ4v) is 0.630. The van der Waals surface area contributed by atoms with Crippen molar-refractivity contribution in [2.24, 2.45) is 0 Å². The topological polar surface area (TPSA) is 25.8 Å². The van der Waals surface area contributed by atoms with Gasteiger partial charge in [-0.1, -0.05) is 24.3 Å². The minimum Gasteiger partial charge on any atom is -0.159 e. The van der Waals surface area contributed by atoms with Gasteiger partial charge in [-0.2, -0.15) is 10.2 Å². The monoisotopic (exact) mass is 146 g/mol. The third-order valence-electron chi connectivity index (χ3n) is 1.17. The molecule has 1 aromatic rings. The molecule has 0 unspecified atom stereocenters. The average molecular weight is 146 g/mol. The maximum atomic E-state index is 3.80. The van der Waals surface area contributed by atoms with Gasteiger partial charge in [0.1, 0.15) is 0 Å². The van der Waals surface area contributed by atoms with Crippen LogP contribution >= 0.6 is 0 Å². The molecule has 1 aromatic heterocycles. The fourth-order valence-electron chi connectivity index (χ4n) is 0.630. The Hall–Kier alpha value is -1.44. The van der Waals surface area contributed by atoms with Gasteiger partial charge in [0.05, 0.1) is 6.20 Å². The Bertz CT molecular complexity index is 245. The van der Waals surface area contributed by atoms with Crippen LogP contribution in [0.1, 0.15) is 5.56 Å². The number of nitrogens with zero attached hydrogens (tertiary/aromatic N) is 2. The van der Waals surface area contributed by atoms with E-state index in [0.29, 0.717) is 0 Å². The lowest BCUT2D eigenvalue weighted by atomic mass is 10.3. The van der Waals surface area contributed by atoms with E-state index < -0.39 is 0 Å². The van der Waals surface area contributed by atoms with E-state index in [1.54, 1.807) is 12.4 Å². The Morgan fingerprint density at radius 1 is 1.00 bits per heavy atom. The standard InChI is InChI=1S/C9H10N2/c1-9-6-4-2-3-5-7-10-11-8-9/h2-8H,1H3. The predicted octanol–water partition coefficient (Wildman–Crippen LogP) is 1.91. The molecule has 11 heavy (non-hydrogen) atoms. The van der Waals surface area contributed by atoms with E-state index in [1.165, 1.54) is 0 Å². The Labute approximate surface area is 66.2 Å². The van der Waals surface area contributed by atoms with E-state index in [9.17, 15) is 0 Å². The summed E-state index contributed by atoms with van der Waals surface area (Å²) < 4.78 is 0. The van der Waals surface area contributed by atoms with Crippen molar-refractivity contribution in [3.8, 4) is 0 Å². The molecular formula is C9H10N2. The number of hydrogen-bond donors (Lipinski definition) is 0. The summed E-state index contributed by atoms with van der Waals surface area (Å²) in [5, 5.41) is 7.57. The number of aromatic nitrogens is 2. The van der Waals surface area contributed by atoms with Crippen molar-refractivity contribution in [1.29, 1.82) is 0 Å². The second kappa shape index (κ2) is 4.39. The molecule has 0 N–H and O–H groups in total. The molecule has 0 aliphatic rings. The van der Waals surface area contributed by atoms with Gasteiger partial charge in [-0.05, 0) is 18.6 Å². The Morgan fingerprint density at radius 2 is 1.82 bits per heavy atom. The lowest BCUT2D eigenvalue weighted by molar-refractivity contribution is 1.04. The maximum Gasteiger partial charge on any atom is 0.0524 e. The molecule has 1 heterocycles. The molecule has 0 amide bonds. The quantitative estimate of drug-likeness (QED) is 0.558. The molecule has 0 fully saturated rings. The van der Waals surface area contributed by atoms with Crippen molar-refractivity contribution in [3.05, 3.63) is 48.3 Å². The van der Waals surface area contributed by atoms with Crippen LogP contribution in [0.5, 0.6) is 0 Å². The van der Waals surface area contributed by atoms with Gasteiger partial charge >= 0.3 is 0 Å². The summed E-state index contributed by atoms with van der Waals surface area (Å²) in [6.45, 7) is 1.98. The molecular weight excluding hydrogens is 136 g/mol. The van der Waals surface area contributed by atoms with E-state index in [4.69, 9.17) is 0 Å². The summed E-state index contributed by atoms with van der Waals surface area (Å²) in [5.41, 5.74) is 1.09. The highest BCUT2D eigenvalue weighted by molar-refractivity contribution is 5.03. The van der Waals surface area contributed by atoms with Gasteiger partial charge in [0.25, 0.3) is 0 Å². The van der Waals surface area contributed by atoms with E-state index in [1.807, 2.05) is 37.3 Å². The van der Waals surface area contributed by atoms with Crippen molar-refractivity contribution in [2.75, 3.05) is 0 Å². The van der Waals surface area contributed by atoms with E-state index in [0.717, 1.165) is 5.56 Å². The molecule has 0 spiro atoms. The zero-order chi connectivity index (χ0) is 7.94. The third kappa shape index (κ3) is 3.30. The molecule has 0 atom stereocenters. The van der Waals surface area contributed by atoms with Gasteiger partial charge in [-0.15, -0.1) is 0 Å². The molecule has 0 saturated carbocycles. The van der Waals surface area contributed by atoms with Gasteiger partial charge in [-0.25, -0.2) is 0 Å². The van der Waals surface area contributed by atoms with Crippen LogP contribution in [0.25, 0.3) is 0 Å². The molecule has 0 aliphatic carbocycles. The van der Waals surface area contributed by atoms with Gasteiger partial charge in [0.2, 0.25) is 0 Å². The molecule has 0 aliphatic heterocycles. The zero-order valence-electron chi connectivity index (χ0n) is 6.44. The van der Waals surface area contributed by atoms with Gasteiger partial charge < -0.3 is 0 Å². The minimum atomic E-state index is 1.09. The highest BCUT2D eigenvalue weighted by atomic mass is 15.1. The first-order valence-corrected chi connectivity index (χ1v) is 3.46. The first-order chi connectivity index (χ1) is 5.39. The van der Waals surface area contributed by atoms with Crippen molar-refractivity contribution in [3.63, 3.8) is 0 Å². The highest BCUT2D eigenvalue weighted by Crippen LogP contribution is 1.86. The fraction of sp³-hybridized carbons (Fsp3) is 0.111. The predicted molar refractivity (Wildman–Crippen MR) is 44.4 cm³/mol. The lowest BCUT2D eigenvalue weighted by Crippen LogP contribution is -1.71. The second-order valence-electron chi connectivity index (χ2n) is 2.19. The van der Waals surface area contributed by atoms with Crippen LogP contribution in [0.4, 0.5) is 0 Å². The molecule has 0 radical (unpaired) electrons. The Kier molecular flexibility index (Phi) is 3.06. The SMILES string of the molecule is Cc1ccccccnnc1. The summed E-state index contributed by atoms with van der Waals surface area (Å²) >= 11 is 0. The smallest absolute Gasteiger partial charge is 0.0524 e. The first kappa shape index (κ1) is 7.66. The van der Waals surface area contributed by atoms with Crippen molar-refractivity contribution in [2.45, 2.75) is 6.92 Å². The molecule has 0 aromatic carbocycles. The Morgan fingerprint density at radius 3 is 2.73 bits per heavy atom. The van der Waals surface area contributed by atoms with Crippen molar-refractivity contribution >= 4 is 0 Å². The highest BCUT2D eigenvalue weighted by Gasteiger charge is 1.71. The minimum absolute atomic E-state index is 1.09. The summed E-state index contributed by atoms with van der Waals surface area (Å²) in [4.78, 5) is 0. The van der Waals surface area contributed by atoms with Gasteiger partial charge in [0, 0.05) is 6.20 Å². The van der Waals surface area contributed by atoms with Crippen LogP contribution in [0.3, 0.4) is 0 Å². The molecule has 2 nitrogen and oxygen atoms in total. The van der Waals surface area contributed by atoms with Crippen LogP contribution in [0, 0.1) is 6.92 Å². The van der Waals surface area contributed by atoms with E-state index in [-0.39, 0.29) is 0 Å². The summed E-state index contributed by atoms with van der Waals surface area (Å²) in [6.07, 6.45) is 3.37. The number of rotatable bonds is 0. The van der Waals surface area contributed by atoms with Crippen LogP contribution < -0.4 is 0 Å². The second-order valence-corrected chi connectivity index (χ2v) is 2.19. The van der Waals surface area contributed by atoms with Crippen LogP contribution in [0.2, 0.25) is 0 Å². The zero-order valence-corrected chi connectivity index (χ0v) is 6.44. The van der Waals surface area contributed by atoms with E-state index >= 15 is 0 Å². The maximum absolute atomic E-state index is 3.80. The van der Waals surface area contributed by atoms with Gasteiger partial charge in [0.15, 0.2) is 0 Å². The summed E-state index contributed by atoms with van der Waals surface area (Å²) in [5.74, 6) is 0. The lowest BCUT2D eigenvalue weighted by Gasteiger charge is -1.78. The first-order valence-electron chi connectivity index (χ1n) is 3.46. The molecule has 0 saturated heterocycles. The van der Waals surface area contributed by atoms with Gasteiger partial charge in [-0.3, -0.25) is 0 Å². The normalized spacial score (nSPS) is 8.45. The van der Waals surface area contributed by atoms with Crippen molar-refractivity contribution in [1.82, 2.24) is 10.2 Å². The largest absolute Gasteiger partial charge is 0.159 e. The molecule has 2 heteroatoms. The van der Waals surface area contributed by atoms with E-state index in [2.05, 4.69) is 10.2 Å². The van der Waals surface area contributed by atoms with Crippen molar-refractivity contribution < 1.29 is 0 Å².